The van der Waals surface area contributed by atoms with Crippen LogP contribution in [0.25, 0.3) is 0 Å². The third-order valence-electron chi connectivity index (χ3n) is 1.61. The highest BCUT2D eigenvalue weighted by molar-refractivity contribution is 5.85. The van der Waals surface area contributed by atoms with Crippen LogP contribution >= 0.6 is 0 Å². The van der Waals surface area contributed by atoms with Crippen LogP contribution in [0.2, 0.25) is 0 Å². The molecule has 0 spiro atoms. The number of alkyl carbamates (subject to hydrolysis) is 1. The lowest BCUT2D eigenvalue weighted by atomic mass is 10.2. The molecule has 0 rings (SSSR count). The van der Waals surface area contributed by atoms with Crippen LogP contribution in [0.1, 0.15) is 20.8 Å². The molecule has 0 heterocycles. The zero-order valence-electron chi connectivity index (χ0n) is 10.4. The lowest BCUT2D eigenvalue weighted by Crippen LogP contribution is -2.50. The van der Waals surface area contributed by atoms with Crippen molar-refractivity contribution in [3.63, 3.8) is 0 Å². The van der Waals surface area contributed by atoms with Crippen LogP contribution in [-0.2, 0) is 9.53 Å². The third-order valence-corrected chi connectivity index (χ3v) is 1.61. The number of carbonyl (C=O) groups excluding carboxylic acids is 2. The van der Waals surface area contributed by atoms with Crippen molar-refractivity contribution in [2.24, 2.45) is 0 Å². The average molecular weight is 244 g/mol. The SMILES string of the molecule is C=CCNC(=O)[C@H](CO)NC(=O)OC(C)(C)C. The Morgan fingerprint density at radius 3 is 2.47 bits per heavy atom. The highest BCUT2D eigenvalue weighted by atomic mass is 16.6. The second-order valence-corrected chi connectivity index (χ2v) is 4.42. The second kappa shape index (κ2) is 6.90. The second-order valence-electron chi connectivity index (χ2n) is 4.42. The van der Waals surface area contributed by atoms with Gasteiger partial charge in [0.15, 0.2) is 0 Å². The lowest BCUT2D eigenvalue weighted by Gasteiger charge is -2.22. The number of rotatable bonds is 5. The first-order valence-electron chi connectivity index (χ1n) is 5.29. The van der Waals surface area contributed by atoms with Crippen molar-refractivity contribution in [3.05, 3.63) is 12.7 Å². The zero-order valence-corrected chi connectivity index (χ0v) is 10.4. The molecule has 0 radical (unpaired) electrons. The molecule has 0 unspecified atom stereocenters. The first-order chi connectivity index (χ1) is 7.80. The van der Waals surface area contributed by atoms with Gasteiger partial charge in [0.25, 0.3) is 0 Å². The van der Waals surface area contributed by atoms with Gasteiger partial charge in [-0.25, -0.2) is 4.79 Å². The standard InChI is InChI=1S/C11H20N2O4/c1-5-6-12-9(15)8(7-14)13-10(16)17-11(2,3)4/h5,8,14H,1,6-7H2,2-4H3,(H,12,15)(H,13,16)/t8-/m0/s1. The van der Waals surface area contributed by atoms with E-state index in [1.165, 1.54) is 6.08 Å². The molecule has 0 saturated heterocycles. The number of aliphatic hydroxyl groups excluding tert-OH is 1. The molecule has 1 atom stereocenters. The molecule has 0 aromatic carbocycles. The van der Waals surface area contributed by atoms with Gasteiger partial charge in [-0.1, -0.05) is 6.08 Å². The van der Waals surface area contributed by atoms with E-state index in [0.29, 0.717) is 0 Å². The summed E-state index contributed by atoms with van der Waals surface area (Å²) in [5, 5.41) is 13.7. The molecule has 0 aliphatic carbocycles. The number of carbonyl (C=O) groups is 2. The molecule has 0 fully saturated rings. The molecule has 0 aromatic heterocycles. The minimum Gasteiger partial charge on any atom is -0.444 e. The maximum Gasteiger partial charge on any atom is 0.408 e. The van der Waals surface area contributed by atoms with E-state index in [-0.39, 0.29) is 6.54 Å². The molecular weight excluding hydrogens is 224 g/mol. The smallest absolute Gasteiger partial charge is 0.408 e. The Bertz CT molecular complexity index is 284. The number of aliphatic hydroxyl groups is 1. The highest BCUT2D eigenvalue weighted by Gasteiger charge is 2.23. The van der Waals surface area contributed by atoms with Crippen LogP contribution in [0.4, 0.5) is 4.79 Å². The van der Waals surface area contributed by atoms with Gasteiger partial charge in [0.05, 0.1) is 6.61 Å². The molecule has 0 bridgehead atoms. The van der Waals surface area contributed by atoms with Gasteiger partial charge in [0.2, 0.25) is 5.91 Å². The van der Waals surface area contributed by atoms with Gasteiger partial charge < -0.3 is 20.5 Å². The molecule has 6 nitrogen and oxygen atoms in total. The number of hydrogen-bond donors (Lipinski definition) is 3. The van der Waals surface area contributed by atoms with Crippen molar-refractivity contribution in [1.82, 2.24) is 10.6 Å². The van der Waals surface area contributed by atoms with Gasteiger partial charge in [0, 0.05) is 6.54 Å². The van der Waals surface area contributed by atoms with E-state index >= 15 is 0 Å². The lowest BCUT2D eigenvalue weighted by molar-refractivity contribution is -0.123. The Balaban J connectivity index is 4.25. The van der Waals surface area contributed by atoms with Crippen LogP contribution in [0.3, 0.4) is 0 Å². The van der Waals surface area contributed by atoms with Crippen LogP contribution in [0.5, 0.6) is 0 Å². The van der Waals surface area contributed by atoms with Gasteiger partial charge in [-0.2, -0.15) is 0 Å². The molecular formula is C11H20N2O4. The Hall–Kier alpha value is -1.56. The quantitative estimate of drug-likeness (QED) is 0.602. The summed E-state index contributed by atoms with van der Waals surface area (Å²) in [6.07, 6.45) is 0.755. The summed E-state index contributed by atoms with van der Waals surface area (Å²) in [6.45, 7) is 8.33. The zero-order chi connectivity index (χ0) is 13.5. The van der Waals surface area contributed by atoms with Gasteiger partial charge in [-0.05, 0) is 20.8 Å². The summed E-state index contributed by atoms with van der Waals surface area (Å²) in [4.78, 5) is 22.8. The van der Waals surface area contributed by atoms with Crippen molar-refractivity contribution in [2.75, 3.05) is 13.2 Å². The third kappa shape index (κ3) is 7.35. The van der Waals surface area contributed by atoms with E-state index in [1.807, 2.05) is 0 Å². The predicted molar refractivity (Wildman–Crippen MR) is 63.5 cm³/mol. The van der Waals surface area contributed by atoms with Crippen LogP contribution < -0.4 is 10.6 Å². The fourth-order valence-corrected chi connectivity index (χ4v) is 0.940. The van der Waals surface area contributed by atoms with E-state index in [1.54, 1.807) is 20.8 Å². The summed E-state index contributed by atoms with van der Waals surface area (Å²) < 4.78 is 4.96. The highest BCUT2D eigenvalue weighted by Crippen LogP contribution is 2.06. The first-order valence-corrected chi connectivity index (χ1v) is 5.29. The number of nitrogens with one attached hydrogen (secondary N) is 2. The van der Waals surface area contributed by atoms with Gasteiger partial charge >= 0.3 is 6.09 Å². The van der Waals surface area contributed by atoms with Crippen LogP contribution in [0.15, 0.2) is 12.7 Å². The Morgan fingerprint density at radius 2 is 2.06 bits per heavy atom. The molecule has 0 aliphatic rings. The summed E-state index contributed by atoms with van der Waals surface area (Å²) in [5.41, 5.74) is -0.651. The topological polar surface area (TPSA) is 87.7 Å². The summed E-state index contributed by atoms with van der Waals surface area (Å²) in [5.74, 6) is -0.488. The largest absolute Gasteiger partial charge is 0.444 e. The minimum atomic E-state index is -1.02. The van der Waals surface area contributed by atoms with E-state index in [0.717, 1.165) is 0 Å². The van der Waals surface area contributed by atoms with Crippen LogP contribution in [-0.4, -0.2) is 41.9 Å². The van der Waals surface area contributed by atoms with Crippen molar-refractivity contribution >= 4 is 12.0 Å². The number of ether oxygens (including phenoxy) is 1. The predicted octanol–water partition coefficient (Wildman–Crippen LogP) is 0.174. The average Bonchev–Trinajstić information content (AvgIpc) is 2.19. The van der Waals surface area contributed by atoms with Crippen molar-refractivity contribution in [3.8, 4) is 0 Å². The molecule has 0 saturated carbocycles. The molecule has 17 heavy (non-hydrogen) atoms. The molecule has 6 heteroatoms. The summed E-state index contributed by atoms with van der Waals surface area (Å²) >= 11 is 0. The molecule has 0 aromatic rings. The van der Waals surface area contributed by atoms with E-state index in [4.69, 9.17) is 9.84 Å². The van der Waals surface area contributed by atoms with Gasteiger partial charge in [0.1, 0.15) is 11.6 Å². The fourth-order valence-electron chi connectivity index (χ4n) is 0.940. The Morgan fingerprint density at radius 1 is 1.47 bits per heavy atom. The maximum absolute atomic E-state index is 11.4. The molecule has 0 aliphatic heterocycles. The minimum absolute atomic E-state index is 0.269. The monoisotopic (exact) mass is 244 g/mol. The first kappa shape index (κ1) is 15.4. The molecule has 2 amide bonds. The fraction of sp³-hybridized carbons (Fsp3) is 0.636. The van der Waals surface area contributed by atoms with Gasteiger partial charge in [-0.3, -0.25) is 4.79 Å². The van der Waals surface area contributed by atoms with E-state index < -0.39 is 30.3 Å². The molecule has 98 valence electrons. The molecule has 3 N–H and O–H groups in total. The summed E-state index contributed by atoms with van der Waals surface area (Å²) in [6, 6.07) is -1.02. The Kier molecular flexibility index (Phi) is 6.27. The summed E-state index contributed by atoms with van der Waals surface area (Å²) in [7, 11) is 0. The van der Waals surface area contributed by atoms with E-state index in [9.17, 15) is 9.59 Å². The van der Waals surface area contributed by atoms with E-state index in [2.05, 4.69) is 17.2 Å². The Labute approximate surface area is 101 Å². The normalized spacial score (nSPS) is 12.5. The number of amides is 2. The number of hydrogen-bond acceptors (Lipinski definition) is 4. The van der Waals surface area contributed by atoms with Crippen molar-refractivity contribution in [1.29, 1.82) is 0 Å². The van der Waals surface area contributed by atoms with Gasteiger partial charge in [-0.15, -0.1) is 6.58 Å². The van der Waals surface area contributed by atoms with Crippen molar-refractivity contribution in [2.45, 2.75) is 32.4 Å². The maximum atomic E-state index is 11.4. The van der Waals surface area contributed by atoms with Crippen LogP contribution in [0, 0.1) is 0 Å². The van der Waals surface area contributed by atoms with Crippen molar-refractivity contribution < 1.29 is 19.4 Å².